The Hall–Kier alpha value is -1.35. The van der Waals surface area contributed by atoms with Crippen LogP contribution in [0.5, 0.6) is 0 Å². The first-order chi connectivity index (χ1) is 9.15. The lowest BCUT2D eigenvalue weighted by atomic mass is 9.88. The highest BCUT2D eigenvalue weighted by Crippen LogP contribution is 2.21. The highest BCUT2D eigenvalue weighted by Gasteiger charge is 2.24. The molecule has 1 aliphatic carbocycles. The van der Waals surface area contributed by atoms with Gasteiger partial charge in [-0.1, -0.05) is 23.7 Å². The van der Waals surface area contributed by atoms with Crippen molar-refractivity contribution in [2.75, 3.05) is 6.54 Å². The van der Waals surface area contributed by atoms with Crippen LogP contribution in [0.2, 0.25) is 5.02 Å². The van der Waals surface area contributed by atoms with Gasteiger partial charge in [-0.25, -0.2) is 0 Å². The summed E-state index contributed by atoms with van der Waals surface area (Å²) in [6.07, 6.45) is 3.26. The Labute approximate surface area is 118 Å². The van der Waals surface area contributed by atoms with Gasteiger partial charge in [-0.05, 0) is 37.0 Å². The quantitative estimate of drug-likeness (QED) is 0.921. The Morgan fingerprint density at radius 1 is 1.32 bits per heavy atom. The summed E-state index contributed by atoms with van der Waals surface area (Å²) in [7, 11) is 0. The molecule has 0 radical (unpaired) electrons. The van der Waals surface area contributed by atoms with Crippen LogP contribution in [0.3, 0.4) is 0 Å². The Morgan fingerprint density at radius 2 is 2.05 bits per heavy atom. The Bertz CT molecular complexity index is 463. The first-order valence-electron chi connectivity index (χ1n) is 6.69. The Kier molecular flexibility index (Phi) is 4.97. The van der Waals surface area contributed by atoms with Crippen LogP contribution in [0.4, 0.5) is 0 Å². The van der Waals surface area contributed by atoms with Gasteiger partial charge in [-0.3, -0.25) is 9.59 Å². The van der Waals surface area contributed by atoms with E-state index in [1.807, 2.05) is 24.3 Å². The van der Waals surface area contributed by atoms with Gasteiger partial charge in [-0.15, -0.1) is 0 Å². The van der Waals surface area contributed by atoms with Crippen molar-refractivity contribution >= 4 is 23.3 Å². The molecule has 0 aliphatic heterocycles. The predicted octanol–water partition coefficient (Wildman–Crippen LogP) is 2.76. The standard InChI is InChI=1S/C15H18ClNO2/c16-13-3-1-2-11(10-13)8-9-17-15(19)12-4-6-14(18)7-5-12/h1-3,10,12H,4-9H2,(H,17,19). The summed E-state index contributed by atoms with van der Waals surface area (Å²) in [5.41, 5.74) is 1.12. The molecule has 0 heterocycles. The molecular formula is C15H18ClNO2. The second-order valence-electron chi connectivity index (χ2n) is 4.98. The fraction of sp³-hybridized carbons (Fsp3) is 0.467. The molecular weight excluding hydrogens is 262 g/mol. The van der Waals surface area contributed by atoms with Gasteiger partial charge in [-0.2, -0.15) is 0 Å². The summed E-state index contributed by atoms with van der Waals surface area (Å²) in [5, 5.41) is 3.66. The lowest BCUT2D eigenvalue weighted by Crippen LogP contribution is -2.34. The first-order valence-corrected chi connectivity index (χ1v) is 7.07. The molecule has 0 atom stereocenters. The zero-order valence-corrected chi connectivity index (χ0v) is 11.6. The van der Waals surface area contributed by atoms with Crippen LogP contribution < -0.4 is 5.32 Å². The van der Waals surface area contributed by atoms with Gasteiger partial charge in [0, 0.05) is 30.3 Å². The van der Waals surface area contributed by atoms with Crippen LogP contribution >= 0.6 is 11.6 Å². The molecule has 0 saturated heterocycles. The summed E-state index contributed by atoms with van der Waals surface area (Å²) < 4.78 is 0. The summed E-state index contributed by atoms with van der Waals surface area (Å²) >= 11 is 5.90. The van der Waals surface area contributed by atoms with Crippen LogP contribution in [-0.4, -0.2) is 18.2 Å². The maximum atomic E-state index is 11.9. The molecule has 1 aliphatic rings. The number of halogens is 1. The van der Waals surface area contributed by atoms with Gasteiger partial charge in [0.2, 0.25) is 5.91 Å². The number of amides is 1. The summed E-state index contributed by atoms with van der Waals surface area (Å²) in [6.45, 7) is 0.615. The van der Waals surface area contributed by atoms with Crippen molar-refractivity contribution in [2.45, 2.75) is 32.1 Å². The number of nitrogens with one attached hydrogen (secondary N) is 1. The molecule has 3 nitrogen and oxygen atoms in total. The number of carbonyl (C=O) groups is 2. The number of ketones is 1. The molecule has 0 bridgehead atoms. The highest BCUT2D eigenvalue weighted by atomic mass is 35.5. The van der Waals surface area contributed by atoms with E-state index in [-0.39, 0.29) is 17.6 Å². The zero-order chi connectivity index (χ0) is 13.7. The van der Waals surface area contributed by atoms with E-state index in [2.05, 4.69) is 5.32 Å². The Morgan fingerprint density at radius 3 is 2.74 bits per heavy atom. The Balaban J connectivity index is 1.73. The predicted molar refractivity (Wildman–Crippen MR) is 75.1 cm³/mol. The molecule has 1 fully saturated rings. The monoisotopic (exact) mass is 279 g/mol. The van der Waals surface area contributed by atoms with E-state index >= 15 is 0 Å². The maximum absolute atomic E-state index is 11.9. The molecule has 1 aromatic carbocycles. The van der Waals surface area contributed by atoms with E-state index in [0.29, 0.717) is 32.2 Å². The van der Waals surface area contributed by atoms with Gasteiger partial charge in [0.05, 0.1) is 0 Å². The van der Waals surface area contributed by atoms with Crippen LogP contribution in [0, 0.1) is 5.92 Å². The van der Waals surface area contributed by atoms with Crippen LogP contribution in [0.25, 0.3) is 0 Å². The van der Waals surface area contributed by atoms with Crippen LogP contribution in [0.1, 0.15) is 31.2 Å². The number of hydrogen-bond donors (Lipinski definition) is 1. The third-order valence-electron chi connectivity index (χ3n) is 3.52. The van der Waals surface area contributed by atoms with Crippen LogP contribution in [0.15, 0.2) is 24.3 Å². The van der Waals surface area contributed by atoms with Crippen molar-refractivity contribution in [3.8, 4) is 0 Å². The number of rotatable bonds is 4. The van der Waals surface area contributed by atoms with Crippen molar-refractivity contribution in [3.63, 3.8) is 0 Å². The smallest absolute Gasteiger partial charge is 0.223 e. The largest absolute Gasteiger partial charge is 0.356 e. The topological polar surface area (TPSA) is 46.2 Å². The van der Waals surface area contributed by atoms with Crippen molar-refractivity contribution in [3.05, 3.63) is 34.9 Å². The molecule has 0 spiro atoms. The fourth-order valence-corrected chi connectivity index (χ4v) is 2.58. The van der Waals surface area contributed by atoms with Crippen molar-refractivity contribution in [1.82, 2.24) is 5.32 Å². The minimum Gasteiger partial charge on any atom is -0.356 e. The molecule has 102 valence electrons. The second kappa shape index (κ2) is 6.71. The third kappa shape index (κ3) is 4.35. The normalized spacial score (nSPS) is 16.4. The van der Waals surface area contributed by atoms with E-state index in [9.17, 15) is 9.59 Å². The van der Waals surface area contributed by atoms with Crippen molar-refractivity contribution in [2.24, 2.45) is 5.92 Å². The van der Waals surface area contributed by atoms with Crippen molar-refractivity contribution in [1.29, 1.82) is 0 Å². The van der Waals surface area contributed by atoms with Gasteiger partial charge < -0.3 is 5.32 Å². The van der Waals surface area contributed by atoms with Gasteiger partial charge >= 0.3 is 0 Å². The average Bonchev–Trinajstić information content (AvgIpc) is 2.39. The number of carbonyl (C=O) groups excluding carboxylic acids is 2. The summed E-state index contributed by atoms with van der Waals surface area (Å²) in [6, 6.07) is 7.65. The molecule has 0 unspecified atom stereocenters. The third-order valence-corrected chi connectivity index (χ3v) is 3.75. The van der Waals surface area contributed by atoms with Crippen LogP contribution in [-0.2, 0) is 16.0 Å². The summed E-state index contributed by atoms with van der Waals surface area (Å²) in [5.74, 6) is 0.370. The lowest BCUT2D eigenvalue weighted by Gasteiger charge is -2.20. The van der Waals surface area contributed by atoms with Gasteiger partial charge in [0.1, 0.15) is 5.78 Å². The van der Waals surface area contributed by atoms with E-state index in [0.717, 1.165) is 17.0 Å². The highest BCUT2D eigenvalue weighted by molar-refractivity contribution is 6.30. The first kappa shape index (κ1) is 14.1. The number of benzene rings is 1. The molecule has 0 aromatic heterocycles. The summed E-state index contributed by atoms with van der Waals surface area (Å²) in [4.78, 5) is 23.0. The van der Waals surface area contributed by atoms with Gasteiger partial charge in [0.15, 0.2) is 0 Å². The molecule has 2 rings (SSSR count). The SMILES string of the molecule is O=C1CCC(C(=O)NCCc2cccc(Cl)c2)CC1. The zero-order valence-electron chi connectivity index (χ0n) is 10.8. The molecule has 1 amide bonds. The molecule has 4 heteroatoms. The average molecular weight is 280 g/mol. The molecule has 1 saturated carbocycles. The van der Waals surface area contributed by atoms with E-state index < -0.39 is 0 Å². The van der Waals surface area contributed by atoms with Gasteiger partial charge in [0.25, 0.3) is 0 Å². The lowest BCUT2D eigenvalue weighted by molar-refractivity contribution is -0.128. The molecule has 1 aromatic rings. The van der Waals surface area contributed by atoms with E-state index in [1.54, 1.807) is 0 Å². The number of Topliss-reactive ketones (excluding diaryl/α,β-unsaturated/α-hetero) is 1. The minimum atomic E-state index is 0.0112. The minimum absolute atomic E-state index is 0.0112. The maximum Gasteiger partial charge on any atom is 0.223 e. The fourth-order valence-electron chi connectivity index (χ4n) is 2.37. The van der Waals surface area contributed by atoms with E-state index in [4.69, 9.17) is 11.6 Å². The molecule has 1 N–H and O–H groups in total. The van der Waals surface area contributed by atoms with E-state index in [1.165, 1.54) is 0 Å². The second-order valence-corrected chi connectivity index (χ2v) is 5.42. The number of hydrogen-bond acceptors (Lipinski definition) is 2. The molecule has 19 heavy (non-hydrogen) atoms. The van der Waals surface area contributed by atoms with Crippen molar-refractivity contribution < 1.29 is 9.59 Å².